The molecule has 1 aromatic rings. The number of nitrogen functional groups attached to an aromatic ring is 1. The highest BCUT2D eigenvalue weighted by atomic mass is 79.9. The van der Waals surface area contributed by atoms with Gasteiger partial charge in [-0.3, -0.25) is 0 Å². The van der Waals surface area contributed by atoms with Gasteiger partial charge in [0.15, 0.2) is 0 Å². The molecular formula is C12H20BrN3O2S. The summed E-state index contributed by atoms with van der Waals surface area (Å²) in [6, 6.07) is 3.37. The summed E-state index contributed by atoms with van der Waals surface area (Å²) in [6.45, 7) is 4.00. The minimum Gasteiger partial charge on any atom is -0.398 e. The van der Waals surface area contributed by atoms with Gasteiger partial charge in [0.2, 0.25) is 10.0 Å². The van der Waals surface area contributed by atoms with Crippen molar-refractivity contribution in [1.29, 1.82) is 0 Å². The molecular weight excluding hydrogens is 330 g/mol. The minimum atomic E-state index is -3.55. The van der Waals surface area contributed by atoms with Crippen LogP contribution in [0.1, 0.15) is 12.5 Å². The van der Waals surface area contributed by atoms with E-state index < -0.39 is 10.0 Å². The normalized spacial score (nSPS) is 13.8. The van der Waals surface area contributed by atoms with E-state index in [-0.39, 0.29) is 10.9 Å². The fourth-order valence-electron chi connectivity index (χ4n) is 1.44. The molecule has 1 rings (SSSR count). The van der Waals surface area contributed by atoms with Crippen molar-refractivity contribution in [3.8, 4) is 0 Å². The van der Waals surface area contributed by atoms with E-state index in [0.29, 0.717) is 22.3 Å². The van der Waals surface area contributed by atoms with Crippen LogP contribution < -0.4 is 10.5 Å². The summed E-state index contributed by atoms with van der Waals surface area (Å²) in [5.74, 6) is 0. The molecule has 0 aromatic heterocycles. The van der Waals surface area contributed by atoms with Crippen LogP contribution in [0.4, 0.5) is 5.69 Å². The number of sulfonamides is 1. The summed E-state index contributed by atoms with van der Waals surface area (Å²) in [5, 5.41) is 0. The minimum absolute atomic E-state index is 0.111. The lowest BCUT2D eigenvalue weighted by Gasteiger charge is -2.20. The molecule has 0 aliphatic rings. The van der Waals surface area contributed by atoms with Gasteiger partial charge in [-0.1, -0.05) is 15.9 Å². The van der Waals surface area contributed by atoms with Crippen molar-refractivity contribution in [2.75, 3.05) is 26.4 Å². The third-order valence-corrected chi connectivity index (χ3v) is 5.11. The maximum atomic E-state index is 12.3. The second-order valence-electron chi connectivity index (χ2n) is 4.78. The molecule has 1 unspecified atom stereocenters. The molecule has 7 heteroatoms. The van der Waals surface area contributed by atoms with Crippen molar-refractivity contribution in [3.63, 3.8) is 0 Å². The molecule has 0 aliphatic heterocycles. The molecule has 5 nitrogen and oxygen atoms in total. The molecule has 0 saturated carbocycles. The number of nitrogens with one attached hydrogen (secondary N) is 1. The Balaban J connectivity index is 3.01. The maximum Gasteiger partial charge on any atom is 0.240 e. The molecule has 3 N–H and O–H groups in total. The van der Waals surface area contributed by atoms with Crippen LogP contribution in [0, 0.1) is 6.92 Å². The number of hydrogen-bond acceptors (Lipinski definition) is 4. The predicted molar refractivity (Wildman–Crippen MR) is 81.6 cm³/mol. The summed E-state index contributed by atoms with van der Waals surface area (Å²) in [6.07, 6.45) is 0. The molecule has 0 spiro atoms. The molecule has 0 heterocycles. The Labute approximate surface area is 123 Å². The molecule has 1 atom stereocenters. The van der Waals surface area contributed by atoms with E-state index in [4.69, 9.17) is 5.73 Å². The van der Waals surface area contributed by atoms with Crippen molar-refractivity contribution in [3.05, 3.63) is 22.2 Å². The second kappa shape index (κ2) is 6.21. The zero-order chi connectivity index (χ0) is 14.8. The first-order valence-electron chi connectivity index (χ1n) is 5.87. The van der Waals surface area contributed by atoms with Crippen molar-refractivity contribution in [1.82, 2.24) is 9.62 Å². The molecule has 19 heavy (non-hydrogen) atoms. The maximum absolute atomic E-state index is 12.3. The molecule has 0 aliphatic carbocycles. The van der Waals surface area contributed by atoms with Crippen LogP contribution in [0.3, 0.4) is 0 Å². The first-order valence-corrected chi connectivity index (χ1v) is 8.14. The van der Waals surface area contributed by atoms with Gasteiger partial charge in [0.05, 0.1) is 4.90 Å². The Morgan fingerprint density at radius 3 is 2.53 bits per heavy atom. The van der Waals surface area contributed by atoms with Crippen LogP contribution in [0.2, 0.25) is 0 Å². The average Bonchev–Trinajstić information content (AvgIpc) is 2.30. The summed E-state index contributed by atoms with van der Waals surface area (Å²) in [4.78, 5) is 2.16. The lowest BCUT2D eigenvalue weighted by molar-refractivity contribution is 0.314. The van der Waals surface area contributed by atoms with Gasteiger partial charge in [-0.2, -0.15) is 0 Å². The van der Waals surface area contributed by atoms with E-state index in [1.165, 1.54) is 0 Å². The van der Waals surface area contributed by atoms with Gasteiger partial charge >= 0.3 is 0 Å². The summed E-state index contributed by atoms with van der Waals surface area (Å²) < 4.78 is 27.8. The first-order chi connectivity index (χ1) is 8.65. The van der Waals surface area contributed by atoms with Gasteiger partial charge in [0.1, 0.15) is 0 Å². The van der Waals surface area contributed by atoms with E-state index in [9.17, 15) is 8.42 Å². The van der Waals surface area contributed by atoms with Crippen LogP contribution in [0.15, 0.2) is 21.5 Å². The predicted octanol–water partition coefficient (Wildman–Crippen LogP) is 1.57. The number of nitrogens with two attached hydrogens (primary N) is 1. The number of rotatable bonds is 5. The van der Waals surface area contributed by atoms with Crippen LogP contribution >= 0.6 is 15.9 Å². The number of benzene rings is 1. The highest BCUT2D eigenvalue weighted by molar-refractivity contribution is 9.10. The van der Waals surface area contributed by atoms with E-state index in [1.54, 1.807) is 19.1 Å². The highest BCUT2D eigenvalue weighted by Gasteiger charge is 2.20. The Morgan fingerprint density at radius 2 is 2.00 bits per heavy atom. The fraction of sp³-hybridized carbons (Fsp3) is 0.500. The Bertz CT molecular complexity index is 558. The van der Waals surface area contributed by atoms with E-state index >= 15 is 0 Å². The molecule has 0 amide bonds. The Morgan fingerprint density at radius 1 is 1.42 bits per heavy atom. The van der Waals surface area contributed by atoms with Crippen molar-refractivity contribution >= 4 is 31.6 Å². The number of anilines is 1. The topological polar surface area (TPSA) is 75.4 Å². The van der Waals surface area contributed by atoms with E-state index in [2.05, 4.69) is 20.7 Å². The SMILES string of the molecule is Cc1c(N)cc(Br)cc1S(=O)(=O)NCC(C)N(C)C. The van der Waals surface area contributed by atoms with E-state index in [1.807, 2.05) is 25.9 Å². The lowest BCUT2D eigenvalue weighted by atomic mass is 10.2. The highest BCUT2D eigenvalue weighted by Crippen LogP contribution is 2.26. The standard InChI is InChI=1S/C12H20BrN3O2S/c1-8(16(3)4)7-15-19(17,18)12-6-10(13)5-11(14)9(12)2/h5-6,8,15H,7,14H2,1-4H3. The molecule has 1 aromatic carbocycles. The van der Waals surface area contributed by atoms with Crippen molar-refractivity contribution in [2.24, 2.45) is 0 Å². The van der Waals surface area contributed by atoms with Gasteiger partial charge in [-0.15, -0.1) is 0 Å². The Kier molecular flexibility index (Phi) is 5.37. The number of hydrogen-bond donors (Lipinski definition) is 2. The van der Waals surface area contributed by atoms with E-state index in [0.717, 1.165) is 0 Å². The fourth-order valence-corrected chi connectivity index (χ4v) is 3.49. The monoisotopic (exact) mass is 349 g/mol. The molecule has 0 bridgehead atoms. The third kappa shape index (κ3) is 4.17. The van der Waals surface area contributed by atoms with Gasteiger partial charge in [0.25, 0.3) is 0 Å². The van der Waals surface area contributed by atoms with Crippen LogP contribution in [0.5, 0.6) is 0 Å². The molecule has 108 valence electrons. The van der Waals surface area contributed by atoms with Crippen LogP contribution in [-0.4, -0.2) is 40.0 Å². The number of likely N-dealkylation sites (N-methyl/N-ethyl adjacent to an activating group) is 1. The summed E-state index contributed by atoms with van der Waals surface area (Å²) >= 11 is 3.26. The molecule has 0 fully saturated rings. The molecule has 0 radical (unpaired) electrons. The smallest absolute Gasteiger partial charge is 0.240 e. The lowest BCUT2D eigenvalue weighted by Crippen LogP contribution is -2.38. The average molecular weight is 350 g/mol. The number of halogens is 1. The Hall–Kier alpha value is -0.630. The number of nitrogens with zero attached hydrogens (tertiary/aromatic N) is 1. The molecule has 0 saturated heterocycles. The van der Waals surface area contributed by atoms with Gasteiger partial charge < -0.3 is 10.6 Å². The van der Waals surface area contributed by atoms with Gasteiger partial charge in [-0.05, 0) is 45.6 Å². The second-order valence-corrected chi connectivity index (χ2v) is 7.43. The summed E-state index contributed by atoms with van der Waals surface area (Å²) in [7, 11) is 0.257. The van der Waals surface area contributed by atoms with Crippen molar-refractivity contribution in [2.45, 2.75) is 24.8 Å². The quantitative estimate of drug-likeness (QED) is 0.791. The largest absolute Gasteiger partial charge is 0.398 e. The zero-order valence-corrected chi connectivity index (χ0v) is 14.0. The van der Waals surface area contributed by atoms with Gasteiger partial charge in [-0.25, -0.2) is 13.1 Å². The first kappa shape index (κ1) is 16.4. The van der Waals surface area contributed by atoms with Crippen LogP contribution in [-0.2, 0) is 10.0 Å². The van der Waals surface area contributed by atoms with Gasteiger partial charge in [0, 0.05) is 22.7 Å². The third-order valence-electron chi connectivity index (χ3n) is 3.10. The van der Waals surface area contributed by atoms with Crippen molar-refractivity contribution < 1.29 is 8.42 Å². The zero-order valence-electron chi connectivity index (χ0n) is 11.6. The summed E-state index contributed by atoms with van der Waals surface area (Å²) in [5.41, 5.74) is 6.81. The van der Waals surface area contributed by atoms with Crippen LogP contribution in [0.25, 0.3) is 0 Å².